The molecule has 4 rings (SSSR count). The number of imidazole rings is 1. The highest BCUT2D eigenvalue weighted by Crippen LogP contribution is 2.26. The fraction of sp³-hybridized carbons (Fsp3) is 0.143. The van der Waals surface area contributed by atoms with Crippen LogP contribution >= 0.6 is 11.8 Å². The van der Waals surface area contributed by atoms with Crippen molar-refractivity contribution >= 4 is 11.8 Å². The van der Waals surface area contributed by atoms with Gasteiger partial charge in [-0.3, -0.25) is 4.57 Å². The highest BCUT2D eigenvalue weighted by Gasteiger charge is 2.10. The molecule has 0 saturated carbocycles. The Morgan fingerprint density at radius 1 is 1.07 bits per heavy atom. The summed E-state index contributed by atoms with van der Waals surface area (Å²) in [5.41, 5.74) is 4.12. The summed E-state index contributed by atoms with van der Waals surface area (Å²) in [7, 11) is 1.66. The van der Waals surface area contributed by atoms with Crippen LogP contribution in [0.5, 0.6) is 5.75 Å². The van der Waals surface area contributed by atoms with Crippen LogP contribution in [0.1, 0.15) is 11.3 Å². The molecule has 6 heteroatoms. The molecule has 136 valence electrons. The van der Waals surface area contributed by atoms with Crippen molar-refractivity contribution in [2.75, 3.05) is 7.11 Å². The highest BCUT2D eigenvalue weighted by molar-refractivity contribution is 7.98. The lowest BCUT2D eigenvalue weighted by molar-refractivity contribution is 0.414. The van der Waals surface area contributed by atoms with Gasteiger partial charge in [-0.25, -0.2) is 9.97 Å². The van der Waals surface area contributed by atoms with Crippen molar-refractivity contribution in [2.24, 2.45) is 0 Å². The summed E-state index contributed by atoms with van der Waals surface area (Å²) in [6.45, 7) is 2.06. The zero-order valence-electron chi connectivity index (χ0n) is 15.1. The first-order chi connectivity index (χ1) is 13.2. The van der Waals surface area contributed by atoms with Gasteiger partial charge in [0.15, 0.2) is 5.16 Å². The maximum absolute atomic E-state index is 5.64. The van der Waals surface area contributed by atoms with Crippen molar-refractivity contribution in [2.45, 2.75) is 17.8 Å². The predicted octanol–water partition coefficient (Wildman–Crippen LogP) is 5.14. The van der Waals surface area contributed by atoms with E-state index in [2.05, 4.69) is 29.0 Å². The van der Waals surface area contributed by atoms with Crippen molar-refractivity contribution in [3.8, 4) is 22.9 Å². The summed E-state index contributed by atoms with van der Waals surface area (Å²) in [5, 5.41) is 0.903. The molecule has 0 aliphatic carbocycles. The Labute approximate surface area is 162 Å². The minimum Gasteiger partial charge on any atom is -0.497 e. The lowest BCUT2D eigenvalue weighted by Gasteiger charge is -2.07. The Morgan fingerprint density at radius 2 is 1.85 bits per heavy atom. The molecule has 5 nitrogen and oxygen atoms in total. The monoisotopic (exact) mass is 377 g/mol. The molecule has 0 fully saturated rings. The first-order valence-corrected chi connectivity index (χ1v) is 9.53. The number of hydrogen-bond donors (Lipinski definition) is 0. The van der Waals surface area contributed by atoms with E-state index in [-0.39, 0.29) is 0 Å². The first-order valence-electron chi connectivity index (χ1n) is 8.55. The van der Waals surface area contributed by atoms with Gasteiger partial charge in [0.05, 0.1) is 12.8 Å². The summed E-state index contributed by atoms with van der Waals surface area (Å²) in [6.07, 6.45) is 5.46. The summed E-state index contributed by atoms with van der Waals surface area (Å²) in [5.74, 6) is 2.16. The third-order valence-electron chi connectivity index (χ3n) is 4.16. The van der Waals surface area contributed by atoms with Crippen LogP contribution in [0.25, 0.3) is 17.1 Å². The van der Waals surface area contributed by atoms with Gasteiger partial charge in [-0.1, -0.05) is 29.5 Å². The minimum atomic E-state index is 0.643. The summed E-state index contributed by atoms with van der Waals surface area (Å²) in [6, 6.07) is 16.1. The fourth-order valence-electron chi connectivity index (χ4n) is 2.68. The van der Waals surface area contributed by atoms with Crippen molar-refractivity contribution in [3.05, 3.63) is 78.4 Å². The van der Waals surface area contributed by atoms with Gasteiger partial charge < -0.3 is 9.15 Å². The van der Waals surface area contributed by atoms with E-state index in [1.165, 1.54) is 5.56 Å². The van der Waals surface area contributed by atoms with Crippen LogP contribution in [0, 0.1) is 6.92 Å². The number of oxazole rings is 1. The van der Waals surface area contributed by atoms with Crippen LogP contribution in [0.15, 0.2) is 76.8 Å². The molecule has 0 saturated heterocycles. The normalized spacial score (nSPS) is 10.9. The van der Waals surface area contributed by atoms with E-state index in [4.69, 9.17) is 9.15 Å². The van der Waals surface area contributed by atoms with E-state index in [0.717, 1.165) is 27.9 Å². The minimum absolute atomic E-state index is 0.643. The van der Waals surface area contributed by atoms with Crippen molar-refractivity contribution < 1.29 is 9.15 Å². The van der Waals surface area contributed by atoms with Gasteiger partial charge in [0.25, 0.3) is 0 Å². The highest BCUT2D eigenvalue weighted by atomic mass is 32.2. The number of methoxy groups -OCH3 is 1. The van der Waals surface area contributed by atoms with Gasteiger partial charge in [0, 0.05) is 29.4 Å². The zero-order valence-corrected chi connectivity index (χ0v) is 15.9. The lowest BCUT2D eigenvalue weighted by Crippen LogP contribution is -1.95. The lowest BCUT2D eigenvalue weighted by atomic mass is 10.1. The van der Waals surface area contributed by atoms with Crippen molar-refractivity contribution in [3.63, 3.8) is 0 Å². The summed E-state index contributed by atoms with van der Waals surface area (Å²) >= 11 is 1.62. The smallest absolute Gasteiger partial charge is 0.226 e. The Hall–Kier alpha value is -2.99. The van der Waals surface area contributed by atoms with Gasteiger partial charge in [0.2, 0.25) is 5.89 Å². The molecule has 27 heavy (non-hydrogen) atoms. The predicted molar refractivity (Wildman–Crippen MR) is 106 cm³/mol. The van der Waals surface area contributed by atoms with E-state index in [1.54, 1.807) is 31.3 Å². The average Bonchev–Trinajstić information content (AvgIpc) is 3.36. The second-order valence-corrected chi connectivity index (χ2v) is 7.02. The number of rotatable bonds is 6. The number of thioether (sulfide) groups is 1. The van der Waals surface area contributed by atoms with E-state index in [0.29, 0.717) is 11.6 Å². The third kappa shape index (κ3) is 3.90. The first kappa shape index (κ1) is 17.4. The average molecular weight is 377 g/mol. The molecule has 2 aromatic heterocycles. The fourth-order valence-corrected chi connectivity index (χ4v) is 3.53. The van der Waals surface area contributed by atoms with Gasteiger partial charge in [-0.15, -0.1) is 0 Å². The molecule has 0 unspecified atom stereocenters. The van der Waals surface area contributed by atoms with E-state index >= 15 is 0 Å². The van der Waals surface area contributed by atoms with Gasteiger partial charge >= 0.3 is 0 Å². The van der Waals surface area contributed by atoms with Crippen LogP contribution in [0.3, 0.4) is 0 Å². The van der Waals surface area contributed by atoms with Crippen LogP contribution in [0.4, 0.5) is 0 Å². The molecule has 0 spiro atoms. The second-order valence-electron chi connectivity index (χ2n) is 6.08. The number of aromatic nitrogens is 3. The topological polar surface area (TPSA) is 53.1 Å². The SMILES string of the molecule is COc1ccc(-n2ccnc2SCc2coc(-c3ccc(C)cc3)n2)cc1. The molecule has 0 atom stereocenters. The Morgan fingerprint density at radius 3 is 2.59 bits per heavy atom. The second kappa shape index (κ2) is 7.72. The molecule has 2 heterocycles. The Balaban J connectivity index is 1.47. The molecular formula is C21H19N3O2S. The molecule has 2 aromatic carbocycles. The van der Waals surface area contributed by atoms with Gasteiger partial charge in [-0.2, -0.15) is 0 Å². The zero-order chi connectivity index (χ0) is 18.6. The maximum atomic E-state index is 5.64. The molecule has 0 amide bonds. The quantitative estimate of drug-likeness (QED) is 0.436. The van der Waals surface area contributed by atoms with Crippen LogP contribution < -0.4 is 4.74 Å². The number of nitrogens with zero attached hydrogens (tertiary/aromatic N) is 3. The maximum Gasteiger partial charge on any atom is 0.226 e. The Bertz CT molecular complexity index is 1020. The molecule has 0 aliphatic rings. The van der Waals surface area contributed by atoms with Crippen LogP contribution in [-0.4, -0.2) is 21.6 Å². The molecular weight excluding hydrogens is 358 g/mol. The van der Waals surface area contributed by atoms with Crippen LogP contribution in [0.2, 0.25) is 0 Å². The van der Waals surface area contributed by atoms with E-state index in [1.807, 2.05) is 47.2 Å². The molecule has 0 aliphatic heterocycles. The summed E-state index contributed by atoms with van der Waals surface area (Å²) in [4.78, 5) is 9.05. The number of hydrogen-bond acceptors (Lipinski definition) is 5. The van der Waals surface area contributed by atoms with Crippen LogP contribution in [-0.2, 0) is 5.75 Å². The standard InChI is InChI=1S/C21H19N3O2S/c1-15-3-5-16(6-4-15)20-23-17(13-26-20)14-27-21-22-11-12-24(21)18-7-9-19(25-2)10-8-18/h3-13H,14H2,1-2H3. The largest absolute Gasteiger partial charge is 0.497 e. The summed E-state index contributed by atoms with van der Waals surface area (Å²) < 4.78 is 12.9. The number of ether oxygens (including phenoxy) is 1. The van der Waals surface area contributed by atoms with Crippen molar-refractivity contribution in [1.29, 1.82) is 0 Å². The third-order valence-corrected chi connectivity index (χ3v) is 5.16. The van der Waals surface area contributed by atoms with E-state index in [9.17, 15) is 0 Å². The molecule has 0 radical (unpaired) electrons. The molecule has 0 N–H and O–H groups in total. The number of benzene rings is 2. The number of aryl methyl sites for hydroxylation is 1. The Kier molecular flexibility index (Phi) is 4.98. The van der Waals surface area contributed by atoms with Gasteiger partial charge in [0.1, 0.15) is 12.0 Å². The van der Waals surface area contributed by atoms with Gasteiger partial charge in [-0.05, 0) is 43.3 Å². The molecule has 0 bridgehead atoms. The van der Waals surface area contributed by atoms with Crippen molar-refractivity contribution in [1.82, 2.24) is 14.5 Å². The molecule has 4 aromatic rings. The van der Waals surface area contributed by atoms with E-state index < -0.39 is 0 Å².